The summed E-state index contributed by atoms with van der Waals surface area (Å²) in [6.07, 6.45) is 7.55. The van der Waals surface area contributed by atoms with Crippen LogP contribution in [0.4, 0.5) is 0 Å². The first kappa shape index (κ1) is 13.6. The molecule has 1 aromatic carbocycles. The van der Waals surface area contributed by atoms with E-state index in [1.54, 1.807) is 11.1 Å². The summed E-state index contributed by atoms with van der Waals surface area (Å²) in [4.78, 5) is 0. The lowest BCUT2D eigenvalue weighted by atomic mass is 9.89. The van der Waals surface area contributed by atoms with Gasteiger partial charge in [0, 0.05) is 12.1 Å². The fraction of sp³-hybridized carbons (Fsp3) is 0.647. The Balaban J connectivity index is 2.01. The minimum atomic E-state index is 0.332. The molecule has 1 aliphatic rings. The SMILES string of the molecule is CCC(CC)(CC)NCc1ccc2c(c1)CCC2. The maximum atomic E-state index is 3.79. The van der Waals surface area contributed by atoms with E-state index in [1.165, 1.54) is 44.1 Å². The third kappa shape index (κ3) is 2.77. The molecule has 0 saturated carbocycles. The van der Waals surface area contributed by atoms with Crippen LogP contribution < -0.4 is 5.32 Å². The van der Waals surface area contributed by atoms with E-state index < -0.39 is 0 Å². The van der Waals surface area contributed by atoms with Gasteiger partial charge >= 0.3 is 0 Å². The third-order valence-electron chi connectivity index (χ3n) is 4.86. The molecule has 1 heteroatoms. The minimum absolute atomic E-state index is 0.332. The average molecular weight is 245 g/mol. The number of rotatable bonds is 6. The molecule has 0 bridgehead atoms. The van der Waals surface area contributed by atoms with Crippen LogP contribution in [0.5, 0.6) is 0 Å². The van der Waals surface area contributed by atoms with Crippen LogP contribution >= 0.6 is 0 Å². The average Bonchev–Trinajstić information content (AvgIpc) is 2.88. The van der Waals surface area contributed by atoms with Crippen molar-refractivity contribution in [3.8, 4) is 0 Å². The van der Waals surface area contributed by atoms with Crippen molar-refractivity contribution in [2.24, 2.45) is 0 Å². The highest BCUT2D eigenvalue weighted by molar-refractivity contribution is 5.35. The van der Waals surface area contributed by atoms with Gasteiger partial charge in [-0.1, -0.05) is 39.0 Å². The summed E-state index contributed by atoms with van der Waals surface area (Å²) in [5, 5.41) is 3.79. The quantitative estimate of drug-likeness (QED) is 0.790. The fourth-order valence-corrected chi connectivity index (χ4v) is 3.15. The van der Waals surface area contributed by atoms with Gasteiger partial charge < -0.3 is 5.32 Å². The Bertz CT molecular complexity index is 382. The highest BCUT2D eigenvalue weighted by atomic mass is 15.0. The highest BCUT2D eigenvalue weighted by Crippen LogP contribution is 2.24. The van der Waals surface area contributed by atoms with Crippen molar-refractivity contribution < 1.29 is 0 Å². The molecular weight excluding hydrogens is 218 g/mol. The van der Waals surface area contributed by atoms with Gasteiger partial charge in [-0.05, 0) is 55.2 Å². The van der Waals surface area contributed by atoms with Crippen molar-refractivity contribution in [2.45, 2.75) is 71.4 Å². The molecule has 0 atom stereocenters. The van der Waals surface area contributed by atoms with E-state index in [0.717, 1.165) is 6.54 Å². The lowest BCUT2D eigenvalue weighted by Crippen LogP contribution is -2.43. The van der Waals surface area contributed by atoms with Crippen LogP contribution in [0.25, 0.3) is 0 Å². The molecule has 1 aromatic rings. The smallest absolute Gasteiger partial charge is 0.0210 e. The zero-order chi connectivity index (χ0) is 13.0. The first-order valence-electron chi connectivity index (χ1n) is 7.58. The molecule has 2 rings (SSSR count). The van der Waals surface area contributed by atoms with Gasteiger partial charge in [0.25, 0.3) is 0 Å². The van der Waals surface area contributed by atoms with Crippen LogP contribution in [-0.2, 0) is 19.4 Å². The Kier molecular flexibility index (Phi) is 4.45. The van der Waals surface area contributed by atoms with Crippen molar-refractivity contribution in [1.82, 2.24) is 5.32 Å². The van der Waals surface area contributed by atoms with E-state index in [4.69, 9.17) is 0 Å². The minimum Gasteiger partial charge on any atom is -0.307 e. The lowest BCUT2D eigenvalue weighted by molar-refractivity contribution is 0.288. The van der Waals surface area contributed by atoms with E-state index in [-0.39, 0.29) is 0 Å². The molecule has 18 heavy (non-hydrogen) atoms. The monoisotopic (exact) mass is 245 g/mol. The van der Waals surface area contributed by atoms with Gasteiger partial charge in [0.05, 0.1) is 0 Å². The number of aryl methyl sites for hydroxylation is 2. The molecule has 100 valence electrons. The molecule has 0 aliphatic heterocycles. The maximum absolute atomic E-state index is 3.79. The van der Waals surface area contributed by atoms with Crippen molar-refractivity contribution in [1.29, 1.82) is 0 Å². The fourth-order valence-electron chi connectivity index (χ4n) is 3.15. The van der Waals surface area contributed by atoms with Crippen molar-refractivity contribution in [3.05, 3.63) is 34.9 Å². The molecule has 0 fully saturated rings. The zero-order valence-corrected chi connectivity index (χ0v) is 12.2. The Morgan fingerprint density at radius 2 is 1.67 bits per heavy atom. The summed E-state index contributed by atoms with van der Waals surface area (Å²) in [7, 11) is 0. The summed E-state index contributed by atoms with van der Waals surface area (Å²) in [6, 6.07) is 7.06. The molecule has 1 aliphatic carbocycles. The van der Waals surface area contributed by atoms with Crippen LogP contribution in [0, 0.1) is 0 Å². The van der Waals surface area contributed by atoms with Gasteiger partial charge in [-0.25, -0.2) is 0 Å². The summed E-state index contributed by atoms with van der Waals surface area (Å²) in [5.41, 5.74) is 4.95. The maximum Gasteiger partial charge on any atom is 0.0210 e. The van der Waals surface area contributed by atoms with Crippen molar-refractivity contribution in [3.63, 3.8) is 0 Å². The Hall–Kier alpha value is -0.820. The van der Waals surface area contributed by atoms with Gasteiger partial charge in [0.1, 0.15) is 0 Å². The van der Waals surface area contributed by atoms with Crippen LogP contribution in [-0.4, -0.2) is 5.54 Å². The molecule has 1 nitrogen and oxygen atoms in total. The summed E-state index contributed by atoms with van der Waals surface area (Å²) in [5.74, 6) is 0. The van der Waals surface area contributed by atoms with Gasteiger partial charge in [-0.3, -0.25) is 0 Å². The van der Waals surface area contributed by atoms with Crippen LogP contribution in [0.1, 0.15) is 63.1 Å². The molecule has 0 saturated heterocycles. The summed E-state index contributed by atoms with van der Waals surface area (Å²) >= 11 is 0. The molecule has 0 radical (unpaired) electrons. The number of hydrogen-bond acceptors (Lipinski definition) is 1. The van der Waals surface area contributed by atoms with Gasteiger partial charge in [0.2, 0.25) is 0 Å². The van der Waals surface area contributed by atoms with Gasteiger partial charge in [-0.2, -0.15) is 0 Å². The molecule has 0 unspecified atom stereocenters. The molecule has 0 amide bonds. The summed E-state index contributed by atoms with van der Waals surface area (Å²) < 4.78 is 0. The standard InChI is InChI=1S/C17H27N/c1-4-17(5-2,6-3)18-13-14-10-11-15-8-7-9-16(15)12-14/h10-12,18H,4-9,13H2,1-3H3. The second-order valence-corrected chi connectivity index (χ2v) is 5.65. The van der Waals surface area contributed by atoms with Crippen LogP contribution in [0.3, 0.4) is 0 Å². The van der Waals surface area contributed by atoms with Crippen LogP contribution in [0.2, 0.25) is 0 Å². The lowest BCUT2D eigenvalue weighted by Gasteiger charge is -2.32. The number of benzene rings is 1. The second kappa shape index (κ2) is 5.88. The Morgan fingerprint density at radius 3 is 2.33 bits per heavy atom. The van der Waals surface area contributed by atoms with Crippen LogP contribution in [0.15, 0.2) is 18.2 Å². The van der Waals surface area contributed by atoms with E-state index in [9.17, 15) is 0 Å². The predicted molar refractivity (Wildman–Crippen MR) is 78.9 cm³/mol. The zero-order valence-electron chi connectivity index (χ0n) is 12.2. The molecule has 0 aromatic heterocycles. The predicted octanol–water partition coefficient (Wildman–Crippen LogP) is 4.23. The first-order valence-corrected chi connectivity index (χ1v) is 7.58. The largest absolute Gasteiger partial charge is 0.307 e. The Morgan fingerprint density at radius 1 is 1.00 bits per heavy atom. The second-order valence-electron chi connectivity index (χ2n) is 5.65. The van der Waals surface area contributed by atoms with Crippen molar-refractivity contribution in [2.75, 3.05) is 0 Å². The first-order chi connectivity index (χ1) is 8.73. The molecule has 0 heterocycles. The van der Waals surface area contributed by atoms with E-state index in [2.05, 4.69) is 44.3 Å². The molecule has 0 spiro atoms. The summed E-state index contributed by atoms with van der Waals surface area (Å²) in [6.45, 7) is 7.90. The van der Waals surface area contributed by atoms with Crippen molar-refractivity contribution >= 4 is 0 Å². The topological polar surface area (TPSA) is 12.0 Å². The van der Waals surface area contributed by atoms with Gasteiger partial charge in [0.15, 0.2) is 0 Å². The molecular formula is C17H27N. The highest BCUT2D eigenvalue weighted by Gasteiger charge is 2.22. The number of fused-ring (bicyclic) bond motifs is 1. The van der Waals surface area contributed by atoms with E-state index >= 15 is 0 Å². The van der Waals surface area contributed by atoms with Gasteiger partial charge in [-0.15, -0.1) is 0 Å². The number of nitrogens with one attached hydrogen (secondary N) is 1. The normalized spacial score (nSPS) is 14.8. The van der Waals surface area contributed by atoms with E-state index in [1.807, 2.05) is 0 Å². The van der Waals surface area contributed by atoms with E-state index in [0.29, 0.717) is 5.54 Å². The Labute approximate surface area is 112 Å². The molecule has 1 N–H and O–H groups in total. The third-order valence-corrected chi connectivity index (χ3v) is 4.86. The number of hydrogen-bond donors (Lipinski definition) is 1.